The molecule has 4 heteroatoms. The number of nitrogens with two attached hydrogens (primary N) is 1. The van der Waals surface area contributed by atoms with Crippen LogP contribution in [0.2, 0.25) is 0 Å². The van der Waals surface area contributed by atoms with Gasteiger partial charge in [0.1, 0.15) is 0 Å². The third-order valence-electron chi connectivity index (χ3n) is 3.25. The minimum absolute atomic E-state index is 0.102. The fourth-order valence-corrected chi connectivity index (χ4v) is 2.15. The molecule has 0 aliphatic carbocycles. The van der Waals surface area contributed by atoms with Gasteiger partial charge in [-0.15, -0.1) is 0 Å². The maximum absolute atomic E-state index is 11.9. The molecule has 1 aromatic rings. The molecule has 2 bridgehead atoms. The van der Waals surface area contributed by atoms with Crippen LogP contribution in [0.5, 0.6) is 0 Å². The number of anilines is 2. The predicted molar refractivity (Wildman–Crippen MR) is 75.0 cm³/mol. The van der Waals surface area contributed by atoms with Crippen LogP contribution in [0.3, 0.4) is 0 Å². The third kappa shape index (κ3) is 3.47. The van der Waals surface area contributed by atoms with Gasteiger partial charge in [-0.1, -0.05) is 12.8 Å². The highest BCUT2D eigenvalue weighted by molar-refractivity contribution is 5.99. The second-order valence-corrected chi connectivity index (χ2v) is 4.74. The van der Waals surface area contributed by atoms with E-state index >= 15 is 0 Å². The summed E-state index contributed by atoms with van der Waals surface area (Å²) in [6, 6.07) is 5.50. The molecule has 0 radical (unpaired) electrons. The highest BCUT2D eigenvalue weighted by Crippen LogP contribution is 2.20. The van der Waals surface area contributed by atoms with Crippen molar-refractivity contribution in [2.45, 2.75) is 25.7 Å². The minimum atomic E-state index is 0.102. The van der Waals surface area contributed by atoms with Crippen molar-refractivity contribution in [2.75, 3.05) is 30.7 Å². The standard InChI is InChI=1S/C14H21N3O/c15-12-9-11-5-6-13(12)17-8-4-2-1-3-7-16-10-14(11)18/h5-6,9,16-17H,1-4,7-8,10,15H2. The van der Waals surface area contributed by atoms with Crippen LogP contribution in [0.1, 0.15) is 36.0 Å². The van der Waals surface area contributed by atoms with Gasteiger partial charge in [0.15, 0.2) is 5.78 Å². The Balaban J connectivity index is 2.12. The first-order valence-corrected chi connectivity index (χ1v) is 6.65. The van der Waals surface area contributed by atoms with Crippen molar-refractivity contribution in [3.63, 3.8) is 0 Å². The molecule has 3 rings (SSSR count). The first kappa shape index (κ1) is 12.9. The fraction of sp³-hybridized carbons (Fsp3) is 0.500. The molecule has 18 heavy (non-hydrogen) atoms. The largest absolute Gasteiger partial charge is 0.397 e. The SMILES string of the molecule is Nc1cc2ccc1NCCCCCCNCC2=O. The molecule has 98 valence electrons. The molecule has 1 aromatic carbocycles. The Hall–Kier alpha value is -1.55. The van der Waals surface area contributed by atoms with E-state index in [1.165, 1.54) is 12.8 Å². The summed E-state index contributed by atoms with van der Waals surface area (Å²) in [4.78, 5) is 11.9. The lowest BCUT2D eigenvalue weighted by Gasteiger charge is -2.12. The lowest BCUT2D eigenvalue weighted by molar-refractivity contribution is 0.0991. The predicted octanol–water partition coefficient (Wildman–Crippen LogP) is 2.03. The summed E-state index contributed by atoms with van der Waals surface area (Å²) in [5.74, 6) is 0.102. The molecule has 0 saturated heterocycles. The molecular formula is C14H21N3O. The number of benzene rings is 1. The molecule has 4 N–H and O–H groups in total. The normalized spacial score (nSPS) is 18.1. The molecule has 0 amide bonds. The number of ketones is 1. The average molecular weight is 247 g/mol. The number of rotatable bonds is 0. The van der Waals surface area contributed by atoms with E-state index in [0.29, 0.717) is 17.8 Å². The van der Waals surface area contributed by atoms with Crippen LogP contribution in [0.25, 0.3) is 0 Å². The van der Waals surface area contributed by atoms with Crippen molar-refractivity contribution in [3.05, 3.63) is 23.8 Å². The molecule has 0 atom stereocenters. The molecule has 0 spiro atoms. The van der Waals surface area contributed by atoms with E-state index in [9.17, 15) is 4.79 Å². The molecule has 2 aliphatic rings. The Kier molecular flexibility index (Phi) is 4.59. The van der Waals surface area contributed by atoms with E-state index in [-0.39, 0.29) is 5.78 Å². The summed E-state index contributed by atoms with van der Waals surface area (Å²) in [6.45, 7) is 2.24. The number of fused-ring (bicyclic) bond motifs is 11. The van der Waals surface area contributed by atoms with Crippen molar-refractivity contribution in [1.82, 2.24) is 5.32 Å². The topological polar surface area (TPSA) is 67.2 Å². The molecule has 2 heterocycles. The van der Waals surface area contributed by atoms with Gasteiger partial charge < -0.3 is 16.4 Å². The number of nitrogen functional groups attached to an aromatic ring is 1. The number of hydrogen-bond acceptors (Lipinski definition) is 4. The van der Waals surface area contributed by atoms with Gasteiger partial charge in [-0.3, -0.25) is 4.79 Å². The van der Waals surface area contributed by atoms with Gasteiger partial charge in [-0.05, 0) is 37.6 Å². The minimum Gasteiger partial charge on any atom is -0.397 e. The first-order chi connectivity index (χ1) is 8.77. The summed E-state index contributed by atoms with van der Waals surface area (Å²) in [7, 11) is 0. The van der Waals surface area contributed by atoms with Gasteiger partial charge >= 0.3 is 0 Å². The number of Topliss-reactive ketones (excluding diaryl/α,β-unsaturated/α-hetero) is 1. The third-order valence-corrected chi connectivity index (χ3v) is 3.25. The Bertz CT molecular complexity index is 418. The molecule has 0 aromatic heterocycles. The van der Waals surface area contributed by atoms with Crippen LogP contribution in [0.4, 0.5) is 11.4 Å². The van der Waals surface area contributed by atoms with E-state index in [4.69, 9.17) is 5.73 Å². The smallest absolute Gasteiger partial charge is 0.176 e. The average Bonchev–Trinajstić information content (AvgIpc) is 2.37. The highest BCUT2D eigenvalue weighted by atomic mass is 16.1. The number of carbonyl (C=O) groups is 1. The Morgan fingerprint density at radius 2 is 1.83 bits per heavy atom. The van der Waals surface area contributed by atoms with Crippen LogP contribution < -0.4 is 16.4 Å². The van der Waals surface area contributed by atoms with Crippen molar-refractivity contribution in [3.8, 4) is 0 Å². The van der Waals surface area contributed by atoms with Crippen LogP contribution in [0.15, 0.2) is 18.2 Å². The molecular weight excluding hydrogens is 226 g/mol. The van der Waals surface area contributed by atoms with Gasteiger partial charge in [0.2, 0.25) is 0 Å². The van der Waals surface area contributed by atoms with E-state index in [1.807, 2.05) is 12.1 Å². The molecule has 2 aliphatic heterocycles. The summed E-state index contributed by atoms with van der Waals surface area (Å²) >= 11 is 0. The lowest BCUT2D eigenvalue weighted by Crippen LogP contribution is -2.24. The van der Waals surface area contributed by atoms with Gasteiger partial charge in [0.25, 0.3) is 0 Å². The van der Waals surface area contributed by atoms with E-state index in [0.717, 1.165) is 31.6 Å². The van der Waals surface area contributed by atoms with Crippen LogP contribution in [0, 0.1) is 0 Å². The van der Waals surface area contributed by atoms with Crippen molar-refractivity contribution >= 4 is 17.2 Å². The van der Waals surface area contributed by atoms with Crippen molar-refractivity contribution in [2.24, 2.45) is 0 Å². The summed E-state index contributed by atoms with van der Waals surface area (Å²) in [5.41, 5.74) is 8.21. The number of nitrogens with one attached hydrogen (secondary N) is 2. The Morgan fingerprint density at radius 3 is 2.61 bits per heavy atom. The van der Waals surface area contributed by atoms with E-state index in [2.05, 4.69) is 10.6 Å². The van der Waals surface area contributed by atoms with Crippen molar-refractivity contribution < 1.29 is 4.79 Å². The van der Waals surface area contributed by atoms with Crippen molar-refractivity contribution in [1.29, 1.82) is 0 Å². The monoisotopic (exact) mass is 247 g/mol. The van der Waals surface area contributed by atoms with Crippen LogP contribution >= 0.6 is 0 Å². The van der Waals surface area contributed by atoms with Gasteiger partial charge in [-0.25, -0.2) is 0 Å². The molecule has 0 unspecified atom stereocenters. The van der Waals surface area contributed by atoms with Crippen LogP contribution in [-0.4, -0.2) is 25.4 Å². The second-order valence-electron chi connectivity index (χ2n) is 4.74. The maximum atomic E-state index is 11.9. The Labute approximate surface area is 108 Å². The number of carbonyl (C=O) groups excluding carboxylic acids is 1. The summed E-state index contributed by atoms with van der Waals surface area (Å²) in [6.07, 6.45) is 4.70. The van der Waals surface area contributed by atoms with E-state index < -0.39 is 0 Å². The van der Waals surface area contributed by atoms with Gasteiger partial charge in [-0.2, -0.15) is 0 Å². The molecule has 4 nitrogen and oxygen atoms in total. The zero-order chi connectivity index (χ0) is 12.8. The van der Waals surface area contributed by atoms with Gasteiger partial charge in [0.05, 0.1) is 17.9 Å². The number of hydrogen-bond donors (Lipinski definition) is 3. The summed E-state index contributed by atoms with van der Waals surface area (Å²) < 4.78 is 0. The van der Waals surface area contributed by atoms with Gasteiger partial charge in [0, 0.05) is 12.1 Å². The second kappa shape index (κ2) is 6.40. The summed E-state index contributed by atoms with van der Waals surface area (Å²) in [5, 5.41) is 6.51. The quantitative estimate of drug-likeness (QED) is 0.614. The lowest BCUT2D eigenvalue weighted by atomic mass is 10.1. The zero-order valence-corrected chi connectivity index (χ0v) is 10.7. The van der Waals surface area contributed by atoms with E-state index in [1.54, 1.807) is 6.07 Å². The highest BCUT2D eigenvalue weighted by Gasteiger charge is 2.08. The first-order valence-electron chi connectivity index (χ1n) is 6.65. The molecule has 0 saturated carbocycles. The van der Waals surface area contributed by atoms with Crippen LogP contribution in [-0.2, 0) is 0 Å². The Morgan fingerprint density at radius 1 is 1.06 bits per heavy atom. The molecule has 0 fully saturated rings. The zero-order valence-electron chi connectivity index (χ0n) is 10.7. The maximum Gasteiger partial charge on any atom is 0.176 e. The fourth-order valence-electron chi connectivity index (χ4n) is 2.15.